The molecule has 3 saturated carbocycles. The molecule has 298 valence electrons. The van der Waals surface area contributed by atoms with E-state index in [1.807, 2.05) is 6.08 Å². The summed E-state index contributed by atoms with van der Waals surface area (Å²) in [7, 11) is 0. The van der Waals surface area contributed by atoms with E-state index in [0.29, 0.717) is 23.3 Å². The van der Waals surface area contributed by atoms with E-state index in [-0.39, 0.29) is 36.2 Å². The molecule has 5 fully saturated rings. The van der Waals surface area contributed by atoms with Crippen molar-refractivity contribution in [1.82, 2.24) is 0 Å². The minimum atomic E-state index is -1.72. The number of hydrogen-bond donors (Lipinski definition) is 9. The molecule has 0 bridgehead atoms. The summed E-state index contributed by atoms with van der Waals surface area (Å²) in [6.07, 6.45) is -9.98. The zero-order chi connectivity index (χ0) is 38.0. The number of fused-ring (bicyclic) bond motifs is 5. The van der Waals surface area contributed by atoms with Crippen molar-refractivity contribution < 1.29 is 64.9 Å². The largest absolute Gasteiger partial charge is 0.394 e. The maximum atomic E-state index is 11.5. The molecule has 0 aromatic heterocycles. The van der Waals surface area contributed by atoms with Gasteiger partial charge in [0.2, 0.25) is 0 Å². The van der Waals surface area contributed by atoms with Crippen molar-refractivity contribution in [2.75, 3.05) is 13.2 Å². The van der Waals surface area contributed by atoms with Gasteiger partial charge in [0.05, 0.1) is 25.4 Å². The quantitative estimate of drug-likeness (QED) is 0.142. The van der Waals surface area contributed by atoms with Crippen LogP contribution in [-0.4, -0.2) is 139 Å². The van der Waals surface area contributed by atoms with E-state index < -0.39 is 91.7 Å². The Kier molecular flexibility index (Phi) is 12.1. The van der Waals surface area contributed by atoms with Crippen LogP contribution in [-0.2, 0) is 18.9 Å². The molecule has 2 heterocycles. The van der Waals surface area contributed by atoms with Crippen molar-refractivity contribution in [2.45, 2.75) is 159 Å². The first-order valence-corrected chi connectivity index (χ1v) is 19.5. The molecule has 2 unspecified atom stereocenters. The fourth-order valence-corrected chi connectivity index (χ4v) is 11.3. The molecule has 9 N–H and O–H groups in total. The third kappa shape index (κ3) is 6.99. The summed E-state index contributed by atoms with van der Waals surface area (Å²) in [6, 6.07) is 0. The standard InChI is InChI=1S/C39H64O13/c1-17(2)18(3)7-8-19(4)20-9-10-21-28-22(11-12-38(20,21)5)39(6)14-24(41)30(44)35(52-37-34(48)32(46)31(45)27(15-40)51-37)23(39)13-26(28)50-36-33(47)29(43)25(42)16-49-36/h13,17,19-22,24-37,40-48H,3,7-12,14-16H2,1-2,4-6H3/t19-,20-,21+,22+,24-,25-,26-,27-,28+,29+,30+,31+,32+,33-,34-,35-,36?,37?,38-,39-/m1/s1. The summed E-state index contributed by atoms with van der Waals surface area (Å²) in [6.45, 7) is 14.6. The molecule has 0 aromatic rings. The highest BCUT2D eigenvalue weighted by Crippen LogP contribution is 2.68. The predicted octanol–water partition coefficient (Wildman–Crippen LogP) is 0.755. The molecule has 2 aliphatic heterocycles. The average Bonchev–Trinajstić information content (AvgIpc) is 3.46. The highest BCUT2D eigenvalue weighted by atomic mass is 16.7. The van der Waals surface area contributed by atoms with Gasteiger partial charge in [0.1, 0.15) is 54.9 Å². The van der Waals surface area contributed by atoms with Gasteiger partial charge in [-0.2, -0.15) is 0 Å². The molecule has 13 nitrogen and oxygen atoms in total. The van der Waals surface area contributed by atoms with E-state index in [0.717, 1.165) is 38.5 Å². The van der Waals surface area contributed by atoms with Crippen molar-refractivity contribution in [2.24, 2.45) is 46.3 Å². The van der Waals surface area contributed by atoms with Crippen LogP contribution in [0.4, 0.5) is 0 Å². The third-order valence-corrected chi connectivity index (χ3v) is 14.6. The Morgan fingerprint density at radius 3 is 2.21 bits per heavy atom. The van der Waals surface area contributed by atoms with E-state index in [9.17, 15) is 46.0 Å². The van der Waals surface area contributed by atoms with E-state index in [2.05, 4.69) is 41.2 Å². The molecular formula is C39H64O13. The van der Waals surface area contributed by atoms with Crippen LogP contribution in [0, 0.1) is 46.3 Å². The number of allylic oxidation sites excluding steroid dienone is 1. The molecule has 6 aliphatic rings. The Labute approximate surface area is 307 Å². The second-order valence-corrected chi connectivity index (χ2v) is 17.8. The summed E-state index contributed by atoms with van der Waals surface area (Å²) in [4.78, 5) is 0. The zero-order valence-electron chi connectivity index (χ0n) is 31.3. The second kappa shape index (κ2) is 15.5. The normalized spacial score (nSPS) is 51.3. The molecule has 0 radical (unpaired) electrons. The van der Waals surface area contributed by atoms with Gasteiger partial charge in [-0.25, -0.2) is 0 Å². The summed E-state index contributed by atoms with van der Waals surface area (Å²) < 4.78 is 24.3. The lowest BCUT2D eigenvalue weighted by Gasteiger charge is -2.62. The molecule has 0 spiro atoms. The third-order valence-electron chi connectivity index (χ3n) is 14.6. The van der Waals surface area contributed by atoms with Crippen LogP contribution in [0.3, 0.4) is 0 Å². The highest BCUT2D eigenvalue weighted by molar-refractivity contribution is 5.33. The van der Waals surface area contributed by atoms with Crippen LogP contribution in [0.15, 0.2) is 23.8 Å². The van der Waals surface area contributed by atoms with Gasteiger partial charge >= 0.3 is 0 Å². The Morgan fingerprint density at radius 2 is 1.54 bits per heavy atom. The molecule has 2 saturated heterocycles. The lowest BCUT2D eigenvalue weighted by molar-refractivity contribution is -0.321. The Morgan fingerprint density at radius 1 is 0.846 bits per heavy atom. The minimum absolute atomic E-state index is 0.0240. The summed E-state index contributed by atoms with van der Waals surface area (Å²) in [5, 5.41) is 96.1. The van der Waals surface area contributed by atoms with Gasteiger partial charge in [0.25, 0.3) is 0 Å². The highest BCUT2D eigenvalue weighted by Gasteiger charge is 2.64. The van der Waals surface area contributed by atoms with Crippen molar-refractivity contribution >= 4 is 0 Å². The Balaban J connectivity index is 1.36. The zero-order valence-corrected chi connectivity index (χ0v) is 31.3. The number of aliphatic hydroxyl groups is 9. The Bertz CT molecular complexity index is 1290. The van der Waals surface area contributed by atoms with Crippen LogP contribution in [0.5, 0.6) is 0 Å². The number of ether oxygens (including phenoxy) is 4. The van der Waals surface area contributed by atoms with Crippen LogP contribution in [0.1, 0.15) is 79.6 Å². The van der Waals surface area contributed by atoms with Crippen molar-refractivity contribution in [3.8, 4) is 0 Å². The molecular weight excluding hydrogens is 676 g/mol. The summed E-state index contributed by atoms with van der Waals surface area (Å²) in [5.41, 5.74) is 1.14. The fourth-order valence-electron chi connectivity index (χ4n) is 11.3. The summed E-state index contributed by atoms with van der Waals surface area (Å²) in [5.74, 6) is 1.42. The minimum Gasteiger partial charge on any atom is -0.394 e. The lowest BCUT2D eigenvalue weighted by atomic mass is 9.45. The SMILES string of the molecule is C=C(CC[C@@H](C)[C@H]1CC[C@H]2[C@@H]3[C@H](OC4OC[C@@H](O)[C@H](O)[C@H]4O)C=C4[C@@H](OC5O[C@H](CO)[C@H](O)[C@H](O)[C@H]5O)[C@@H](O)[C@H](O)C[C@]4(C)[C@H]3CC[C@]12C)C(C)C. The predicted molar refractivity (Wildman–Crippen MR) is 187 cm³/mol. The first kappa shape index (κ1) is 40.6. The van der Waals surface area contributed by atoms with Crippen molar-refractivity contribution in [3.05, 3.63) is 23.8 Å². The molecule has 0 aromatic carbocycles. The number of aliphatic hydroxyl groups excluding tert-OH is 9. The van der Waals surface area contributed by atoms with E-state index in [1.165, 1.54) is 5.57 Å². The molecule has 20 atom stereocenters. The first-order valence-electron chi connectivity index (χ1n) is 19.5. The topological polar surface area (TPSA) is 219 Å². The molecule has 52 heavy (non-hydrogen) atoms. The number of hydrogen-bond acceptors (Lipinski definition) is 13. The molecule has 4 aliphatic carbocycles. The van der Waals surface area contributed by atoms with Crippen molar-refractivity contribution in [1.29, 1.82) is 0 Å². The van der Waals surface area contributed by atoms with Gasteiger partial charge in [-0.3, -0.25) is 0 Å². The number of rotatable bonds is 10. The van der Waals surface area contributed by atoms with Gasteiger partial charge in [-0.05, 0) is 96.9 Å². The average molecular weight is 741 g/mol. The van der Waals surface area contributed by atoms with E-state index >= 15 is 0 Å². The lowest BCUT2D eigenvalue weighted by Crippen LogP contribution is -2.64. The van der Waals surface area contributed by atoms with Crippen LogP contribution in [0.2, 0.25) is 0 Å². The van der Waals surface area contributed by atoms with Gasteiger partial charge < -0.3 is 64.9 Å². The van der Waals surface area contributed by atoms with Crippen LogP contribution in [0.25, 0.3) is 0 Å². The van der Waals surface area contributed by atoms with E-state index in [1.54, 1.807) is 0 Å². The van der Waals surface area contributed by atoms with Gasteiger partial charge in [-0.1, -0.05) is 52.8 Å². The summed E-state index contributed by atoms with van der Waals surface area (Å²) >= 11 is 0. The molecule has 6 rings (SSSR count). The van der Waals surface area contributed by atoms with Gasteiger partial charge in [-0.15, -0.1) is 0 Å². The molecule has 0 amide bonds. The maximum Gasteiger partial charge on any atom is 0.187 e. The maximum absolute atomic E-state index is 11.5. The first-order chi connectivity index (χ1) is 24.4. The molecule has 13 heteroatoms. The second-order valence-electron chi connectivity index (χ2n) is 17.8. The fraction of sp³-hybridized carbons (Fsp3) is 0.897. The van der Waals surface area contributed by atoms with Gasteiger partial charge in [0, 0.05) is 0 Å². The monoisotopic (exact) mass is 740 g/mol. The Hall–Kier alpha value is -1.04. The van der Waals surface area contributed by atoms with Crippen molar-refractivity contribution in [3.63, 3.8) is 0 Å². The van der Waals surface area contributed by atoms with Gasteiger partial charge in [0.15, 0.2) is 12.6 Å². The van der Waals surface area contributed by atoms with Crippen LogP contribution < -0.4 is 0 Å². The van der Waals surface area contributed by atoms with E-state index in [4.69, 9.17) is 18.9 Å². The smallest absolute Gasteiger partial charge is 0.187 e. The van der Waals surface area contributed by atoms with Crippen LogP contribution >= 0.6 is 0 Å².